The smallest absolute Gasteiger partial charge is 0.250 e. The van der Waals surface area contributed by atoms with Gasteiger partial charge in [0.2, 0.25) is 11.8 Å². The van der Waals surface area contributed by atoms with E-state index in [9.17, 15) is 9.59 Å². The number of methoxy groups -OCH3 is 1. The Kier molecular flexibility index (Phi) is 6.54. The molecule has 0 saturated carbocycles. The Morgan fingerprint density at radius 1 is 0.750 bits per heavy atom. The van der Waals surface area contributed by atoms with E-state index in [1.165, 1.54) is 7.11 Å². The molecule has 5 heteroatoms. The van der Waals surface area contributed by atoms with Crippen LogP contribution in [0.4, 0.5) is 11.4 Å². The first kappa shape index (κ1) is 19.3. The van der Waals surface area contributed by atoms with Gasteiger partial charge in [-0.3, -0.25) is 9.59 Å². The molecule has 0 aliphatic rings. The van der Waals surface area contributed by atoms with Crippen molar-refractivity contribution in [2.45, 2.75) is 5.92 Å². The summed E-state index contributed by atoms with van der Waals surface area (Å²) >= 11 is 0. The summed E-state index contributed by atoms with van der Waals surface area (Å²) in [5.74, 6) is -0.760. The van der Waals surface area contributed by atoms with Crippen LogP contribution in [0.25, 0.3) is 0 Å². The minimum atomic E-state index is -0.413. The van der Waals surface area contributed by atoms with Crippen LogP contribution in [0.1, 0.15) is 17.0 Å². The van der Waals surface area contributed by atoms with Crippen LogP contribution in [0.2, 0.25) is 0 Å². The average molecular weight is 374 g/mol. The zero-order valence-electron chi connectivity index (χ0n) is 15.6. The number of carbonyl (C=O) groups is 2. The molecule has 0 fully saturated rings. The Balaban J connectivity index is 1.76. The first-order chi connectivity index (χ1) is 13.7. The van der Waals surface area contributed by atoms with Crippen LogP contribution in [0.3, 0.4) is 0 Å². The summed E-state index contributed by atoms with van der Waals surface area (Å²) in [7, 11) is 1.47. The molecule has 0 radical (unpaired) electrons. The van der Waals surface area contributed by atoms with Gasteiger partial charge in [-0.05, 0) is 35.4 Å². The lowest BCUT2D eigenvalue weighted by Gasteiger charge is -2.18. The molecule has 0 spiro atoms. The zero-order chi connectivity index (χ0) is 19.8. The topological polar surface area (TPSA) is 67.4 Å². The number of nitrogens with one attached hydrogen (secondary N) is 2. The van der Waals surface area contributed by atoms with Gasteiger partial charge in [0.25, 0.3) is 0 Å². The molecule has 2 amide bonds. The number of carbonyl (C=O) groups excluding carboxylic acids is 2. The monoisotopic (exact) mass is 374 g/mol. The maximum atomic E-state index is 13.1. The highest BCUT2D eigenvalue weighted by Gasteiger charge is 2.22. The fourth-order valence-electron chi connectivity index (χ4n) is 2.97. The molecular weight excluding hydrogens is 352 g/mol. The van der Waals surface area contributed by atoms with Gasteiger partial charge in [0, 0.05) is 18.5 Å². The van der Waals surface area contributed by atoms with E-state index in [0.717, 1.165) is 11.1 Å². The molecule has 142 valence electrons. The Hall–Kier alpha value is -3.44. The van der Waals surface area contributed by atoms with Crippen LogP contribution >= 0.6 is 0 Å². The lowest BCUT2D eigenvalue weighted by molar-refractivity contribution is -0.119. The molecule has 0 aromatic heterocycles. The summed E-state index contributed by atoms with van der Waals surface area (Å²) in [5.41, 5.74) is 3.15. The summed E-state index contributed by atoms with van der Waals surface area (Å²) in [6.45, 7) is -0.00564. The van der Waals surface area contributed by atoms with Gasteiger partial charge in [0.15, 0.2) is 0 Å². The van der Waals surface area contributed by atoms with Gasteiger partial charge in [-0.2, -0.15) is 0 Å². The number of ether oxygens (including phenoxy) is 1. The van der Waals surface area contributed by atoms with E-state index in [0.29, 0.717) is 11.4 Å². The van der Waals surface area contributed by atoms with Gasteiger partial charge in [0.05, 0.1) is 5.92 Å². The quantitative estimate of drug-likeness (QED) is 0.656. The lowest BCUT2D eigenvalue weighted by atomic mass is 9.90. The molecule has 28 heavy (non-hydrogen) atoms. The lowest BCUT2D eigenvalue weighted by Crippen LogP contribution is -2.22. The minimum absolute atomic E-state index is 0.00564. The molecule has 0 heterocycles. The maximum Gasteiger partial charge on any atom is 0.250 e. The Labute approximate surface area is 164 Å². The third kappa shape index (κ3) is 5.05. The first-order valence-corrected chi connectivity index (χ1v) is 8.97. The summed E-state index contributed by atoms with van der Waals surface area (Å²) in [6, 6.07) is 26.4. The van der Waals surface area contributed by atoms with Crippen LogP contribution < -0.4 is 10.6 Å². The molecule has 0 aliphatic heterocycles. The Morgan fingerprint density at radius 3 is 1.68 bits per heavy atom. The summed E-state index contributed by atoms with van der Waals surface area (Å²) < 4.78 is 4.79. The van der Waals surface area contributed by atoms with Crippen LogP contribution in [0, 0.1) is 0 Å². The van der Waals surface area contributed by atoms with Gasteiger partial charge in [-0.1, -0.05) is 60.7 Å². The number of anilines is 2. The zero-order valence-corrected chi connectivity index (χ0v) is 15.6. The molecule has 0 aliphatic carbocycles. The highest BCUT2D eigenvalue weighted by atomic mass is 16.5. The van der Waals surface area contributed by atoms with Crippen molar-refractivity contribution in [1.29, 1.82) is 0 Å². The SMILES string of the molecule is COCC(=O)Nc1ccc(NC(=O)C(c2ccccc2)c2ccccc2)cc1. The second kappa shape index (κ2) is 9.48. The average Bonchev–Trinajstić information content (AvgIpc) is 2.71. The van der Waals surface area contributed by atoms with Crippen molar-refractivity contribution in [2.75, 3.05) is 24.4 Å². The number of hydrogen-bond acceptors (Lipinski definition) is 3. The molecule has 0 saturated heterocycles. The van der Waals surface area contributed by atoms with Crippen molar-refractivity contribution >= 4 is 23.2 Å². The van der Waals surface area contributed by atoms with Crippen molar-refractivity contribution in [1.82, 2.24) is 0 Å². The van der Waals surface area contributed by atoms with Crippen molar-refractivity contribution in [2.24, 2.45) is 0 Å². The van der Waals surface area contributed by atoms with Gasteiger partial charge in [-0.15, -0.1) is 0 Å². The van der Waals surface area contributed by atoms with Crippen LogP contribution in [0.15, 0.2) is 84.9 Å². The van der Waals surface area contributed by atoms with Crippen molar-refractivity contribution in [3.8, 4) is 0 Å². The molecule has 3 aromatic rings. The van der Waals surface area contributed by atoms with Gasteiger partial charge >= 0.3 is 0 Å². The molecular formula is C23H22N2O3. The Bertz CT molecular complexity index is 870. The highest BCUT2D eigenvalue weighted by molar-refractivity contribution is 5.98. The molecule has 3 rings (SSSR count). The largest absolute Gasteiger partial charge is 0.375 e. The third-order valence-electron chi connectivity index (χ3n) is 4.24. The molecule has 0 atom stereocenters. The van der Waals surface area contributed by atoms with E-state index >= 15 is 0 Å². The Morgan fingerprint density at radius 2 is 1.21 bits per heavy atom. The summed E-state index contributed by atoms with van der Waals surface area (Å²) in [5, 5.41) is 5.69. The van der Waals surface area contributed by atoms with Crippen LogP contribution in [-0.4, -0.2) is 25.5 Å². The highest BCUT2D eigenvalue weighted by Crippen LogP contribution is 2.26. The van der Waals surface area contributed by atoms with Gasteiger partial charge < -0.3 is 15.4 Å². The summed E-state index contributed by atoms with van der Waals surface area (Å²) in [6.07, 6.45) is 0. The fourth-order valence-corrected chi connectivity index (χ4v) is 2.97. The molecule has 3 aromatic carbocycles. The minimum Gasteiger partial charge on any atom is -0.375 e. The van der Waals surface area contributed by atoms with E-state index in [1.54, 1.807) is 24.3 Å². The second-order valence-electron chi connectivity index (χ2n) is 6.30. The fraction of sp³-hybridized carbons (Fsp3) is 0.130. The summed E-state index contributed by atoms with van der Waals surface area (Å²) in [4.78, 5) is 24.6. The van der Waals surface area contributed by atoms with Crippen molar-refractivity contribution in [3.05, 3.63) is 96.1 Å². The number of benzene rings is 3. The third-order valence-corrected chi connectivity index (χ3v) is 4.24. The van der Waals surface area contributed by atoms with E-state index in [-0.39, 0.29) is 18.4 Å². The standard InChI is InChI=1S/C23H22N2O3/c1-28-16-21(26)24-19-12-14-20(15-13-19)25-23(27)22(17-8-4-2-5-9-17)18-10-6-3-7-11-18/h2-15,22H,16H2,1H3,(H,24,26)(H,25,27). The normalized spacial score (nSPS) is 10.5. The first-order valence-electron chi connectivity index (χ1n) is 8.97. The number of amides is 2. The van der Waals surface area contributed by atoms with Crippen molar-refractivity contribution < 1.29 is 14.3 Å². The molecule has 0 unspecified atom stereocenters. The number of rotatable bonds is 7. The second-order valence-corrected chi connectivity index (χ2v) is 6.30. The van der Waals surface area contributed by atoms with E-state index in [2.05, 4.69) is 10.6 Å². The van der Waals surface area contributed by atoms with Crippen LogP contribution in [0.5, 0.6) is 0 Å². The van der Waals surface area contributed by atoms with Gasteiger partial charge in [-0.25, -0.2) is 0 Å². The van der Waals surface area contributed by atoms with Crippen LogP contribution in [-0.2, 0) is 14.3 Å². The molecule has 5 nitrogen and oxygen atoms in total. The molecule has 0 bridgehead atoms. The predicted molar refractivity (Wildman–Crippen MR) is 110 cm³/mol. The molecule has 2 N–H and O–H groups in total. The number of hydrogen-bond donors (Lipinski definition) is 2. The van der Waals surface area contributed by atoms with E-state index < -0.39 is 5.92 Å². The van der Waals surface area contributed by atoms with E-state index in [4.69, 9.17) is 4.74 Å². The predicted octanol–water partition coefficient (Wildman–Crippen LogP) is 4.04. The van der Waals surface area contributed by atoms with Crippen molar-refractivity contribution in [3.63, 3.8) is 0 Å². The maximum absolute atomic E-state index is 13.1. The van der Waals surface area contributed by atoms with Gasteiger partial charge in [0.1, 0.15) is 6.61 Å². The van der Waals surface area contributed by atoms with E-state index in [1.807, 2.05) is 60.7 Å².